The van der Waals surface area contributed by atoms with Crippen LogP contribution in [0.5, 0.6) is 17.2 Å². The van der Waals surface area contributed by atoms with E-state index in [9.17, 15) is 4.79 Å². The highest BCUT2D eigenvalue weighted by Crippen LogP contribution is 2.34. The topological polar surface area (TPSA) is 64.1 Å². The summed E-state index contributed by atoms with van der Waals surface area (Å²) in [6.07, 6.45) is 0. The van der Waals surface area contributed by atoms with Crippen molar-refractivity contribution in [1.29, 1.82) is 0 Å². The van der Waals surface area contributed by atoms with Crippen LogP contribution in [0.25, 0.3) is 10.2 Å². The number of hydrogen-bond donors (Lipinski definition) is 0. The van der Waals surface area contributed by atoms with Gasteiger partial charge in [-0.1, -0.05) is 17.4 Å². The number of anilines is 1. The zero-order valence-electron chi connectivity index (χ0n) is 17.4. The van der Waals surface area contributed by atoms with Gasteiger partial charge in [-0.05, 0) is 31.2 Å². The number of piperazine rings is 1. The average molecular weight is 428 g/mol. The molecule has 7 nitrogen and oxygen atoms in total. The third-order valence-electron chi connectivity index (χ3n) is 5.15. The minimum Gasteiger partial charge on any atom is -0.497 e. The molecule has 4 rings (SSSR count). The Bertz CT molecular complexity index is 1040. The van der Waals surface area contributed by atoms with E-state index in [1.165, 1.54) is 0 Å². The van der Waals surface area contributed by atoms with Gasteiger partial charge in [-0.15, -0.1) is 0 Å². The molecule has 8 heteroatoms. The molecule has 1 aliphatic heterocycles. The molecular weight excluding hydrogens is 402 g/mol. The lowest BCUT2D eigenvalue weighted by molar-refractivity contribution is 0.0743. The van der Waals surface area contributed by atoms with E-state index in [1.807, 2.05) is 24.0 Å². The molecule has 2 aromatic carbocycles. The van der Waals surface area contributed by atoms with Crippen LogP contribution in [0, 0.1) is 0 Å². The highest BCUT2D eigenvalue weighted by molar-refractivity contribution is 7.22. The summed E-state index contributed by atoms with van der Waals surface area (Å²) in [7, 11) is 3.15. The molecule has 30 heavy (non-hydrogen) atoms. The summed E-state index contributed by atoms with van der Waals surface area (Å²) in [6, 6.07) is 11.3. The van der Waals surface area contributed by atoms with Crippen LogP contribution in [0.1, 0.15) is 17.3 Å². The van der Waals surface area contributed by atoms with Crippen LogP contribution < -0.4 is 19.1 Å². The van der Waals surface area contributed by atoms with Crippen molar-refractivity contribution in [2.75, 3.05) is 51.9 Å². The number of hydrogen-bond acceptors (Lipinski definition) is 7. The molecule has 1 amide bonds. The second kappa shape index (κ2) is 8.79. The quantitative estimate of drug-likeness (QED) is 0.598. The molecule has 0 unspecified atom stereocenters. The van der Waals surface area contributed by atoms with Crippen LogP contribution in [-0.4, -0.2) is 62.8 Å². The van der Waals surface area contributed by atoms with Gasteiger partial charge in [0.05, 0.1) is 31.1 Å². The number of carbonyl (C=O) groups is 1. The molecule has 0 aliphatic carbocycles. The van der Waals surface area contributed by atoms with Crippen molar-refractivity contribution in [2.24, 2.45) is 0 Å². The lowest BCUT2D eigenvalue weighted by atomic mass is 10.1. The fourth-order valence-electron chi connectivity index (χ4n) is 3.57. The second-order valence-corrected chi connectivity index (χ2v) is 7.89. The zero-order chi connectivity index (χ0) is 21.1. The van der Waals surface area contributed by atoms with Gasteiger partial charge in [0.15, 0.2) is 5.13 Å². The van der Waals surface area contributed by atoms with Crippen LogP contribution in [-0.2, 0) is 0 Å². The van der Waals surface area contributed by atoms with E-state index in [-0.39, 0.29) is 5.91 Å². The number of rotatable bonds is 6. The van der Waals surface area contributed by atoms with Crippen molar-refractivity contribution >= 4 is 32.6 Å². The summed E-state index contributed by atoms with van der Waals surface area (Å²) in [5.74, 6) is 1.97. The number of amides is 1. The fraction of sp³-hybridized carbons (Fsp3) is 0.364. The smallest absolute Gasteiger partial charge is 0.257 e. The Morgan fingerprint density at radius 2 is 1.87 bits per heavy atom. The molecule has 1 aromatic heterocycles. The predicted octanol–water partition coefficient (Wildman–Crippen LogP) is 3.67. The summed E-state index contributed by atoms with van der Waals surface area (Å²) in [4.78, 5) is 21.9. The Labute approximate surface area is 179 Å². The number of fused-ring (bicyclic) bond motifs is 1. The number of benzene rings is 2. The van der Waals surface area contributed by atoms with Crippen molar-refractivity contribution < 1.29 is 19.0 Å². The molecule has 3 aromatic rings. The number of para-hydroxylation sites is 1. The standard InChI is InChI=1S/C22H25N3O4S/c1-4-29-17-6-5-7-19-20(17)23-22(30-19)25-12-10-24(11-13-25)21(26)16-9-8-15(27-2)14-18(16)28-3/h5-9,14H,4,10-13H2,1-3H3. The van der Waals surface area contributed by atoms with E-state index < -0.39 is 0 Å². The maximum atomic E-state index is 13.0. The van der Waals surface area contributed by atoms with Crippen molar-refractivity contribution in [3.05, 3.63) is 42.0 Å². The summed E-state index contributed by atoms with van der Waals surface area (Å²) < 4.78 is 17.4. The van der Waals surface area contributed by atoms with Crippen LogP contribution in [0.3, 0.4) is 0 Å². The molecule has 0 atom stereocenters. The number of carbonyl (C=O) groups excluding carboxylic acids is 1. The van der Waals surface area contributed by atoms with Gasteiger partial charge < -0.3 is 24.0 Å². The summed E-state index contributed by atoms with van der Waals surface area (Å²) in [6.45, 7) is 5.30. The molecule has 2 heterocycles. The largest absolute Gasteiger partial charge is 0.497 e. The summed E-state index contributed by atoms with van der Waals surface area (Å²) in [5, 5.41) is 0.964. The van der Waals surface area contributed by atoms with Crippen LogP contribution in [0.4, 0.5) is 5.13 Å². The maximum Gasteiger partial charge on any atom is 0.257 e. The molecule has 1 saturated heterocycles. The zero-order valence-corrected chi connectivity index (χ0v) is 18.2. The highest BCUT2D eigenvalue weighted by atomic mass is 32.1. The van der Waals surface area contributed by atoms with Gasteiger partial charge in [0.25, 0.3) is 5.91 Å². The van der Waals surface area contributed by atoms with E-state index in [0.717, 1.165) is 34.2 Å². The molecule has 1 aliphatic rings. The lowest BCUT2D eigenvalue weighted by Gasteiger charge is -2.34. The van der Waals surface area contributed by atoms with Crippen LogP contribution in [0.15, 0.2) is 36.4 Å². The van der Waals surface area contributed by atoms with E-state index >= 15 is 0 Å². The minimum absolute atomic E-state index is 0.0305. The van der Waals surface area contributed by atoms with E-state index in [4.69, 9.17) is 19.2 Å². The number of aromatic nitrogens is 1. The summed E-state index contributed by atoms with van der Waals surface area (Å²) >= 11 is 1.66. The maximum absolute atomic E-state index is 13.0. The molecule has 0 radical (unpaired) electrons. The minimum atomic E-state index is -0.0305. The number of thiazole rings is 1. The van der Waals surface area contributed by atoms with Gasteiger partial charge in [-0.2, -0.15) is 0 Å². The van der Waals surface area contributed by atoms with E-state index in [0.29, 0.717) is 36.8 Å². The van der Waals surface area contributed by atoms with Crippen molar-refractivity contribution in [1.82, 2.24) is 9.88 Å². The first-order valence-corrected chi connectivity index (χ1v) is 10.7. The summed E-state index contributed by atoms with van der Waals surface area (Å²) in [5.41, 5.74) is 1.45. The third kappa shape index (κ3) is 3.87. The van der Waals surface area contributed by atoms with Crippen molar-refractivity contribution in [3.63, 3.8) is 0 Å². The van der Waals surface area contributed by atoms with Crippen LogP contribution >= 0.6 is 11.3 Å². The second-order valence-electron chi connectivity index (χ2n) is 6.88. The van der Waals surface area contributed by atoms with Gasteiger partial charge in [0.2, 0.25) is 0 Å². The van der Waals surface area contributed by atoms with Gasteiger partial charge >= 0.3 is 0 Å². The Morgan fingerprint density at radius 3 is 2.57 bits per heavy atom. The van der Waals surface area contributed by atoms with Gasteiger partial charge in [-0.3, -0.25) is 4.79 Å². The highest BCUT2D eigenvalue weighted by Gasteiger charge is 2.26. The molecule has 1 fully saturated rings. The first-order chi connectivity index (χ1) is 14.6. The number of ether oxygens (including phenoxy) is 3. The molecule has 0 N–H and O–H groups in total. The van der Waals surface area contributed by atoms with Gasteiger partial charge in [0, 0.05) is 32.2 Å². The third-order valence-corrected chi connectivity index (χ3v) is 6.23. The van der Waals surface area contributed by atoms with E-state index in [2.05, 4.69) is 11.0 Å². The molecule has 0 saturated carbocycles. The predicted molar refractivity (Wildman–Crippen MR) is 118 cm³/mol. The Balaban J connectivity index is 1.47. The van der Waals surface area contributed by atoms with Gasteiger partial charge in [0.1, 0.15) is 22.8 Å². The van der Waals surface area contributed by atoms with Crippen LogP contribution in [0.2, 0.25) is 0 Å². The molecule has 0 spiro atoms. The Hall–Kier alpha value is -3.00. The normalized spacial score (nSPS) is 14.1. The first kappa shape index (κ1) is 20.3. The fourth-order valence-corrected chi connectivity index (χ4v) is 4.60. The Kier molecular flexibility index (Phi) is 5.94. The van der Waals surface area contributed by atoms with Crippen molar-refractivity contribution in [2.45, 2.75) is 6.92 Å². The first-order valence-electron chi connectivity index (χ1n) is 9.93. The lowest BCUT2D eigenvalue weighted by Crippen LogP contribution is -2.48. The van der Waals surface area contributed by atoms with Crippen molar-refractivity contribution in [3.8, 4) is 17.2 Å². The Morgan fingerprint density at radius 1 is 1.07 bits per heavy atom. The number of methoxy groups -OCH3 is 2. The molecule has 158 valence electrons. The molecular formula is C22H25N3O4S. The molecule has 0 bridgehead atoms. The van der Waals surface area contributed by atoms with E-state index in [1.54, 1.807) is 43.8 Å². The van der Waals surface area contributed by atoms with Gasteiger partial charge in [-0.25, -0.2) is 4.98 Å². The SMILES string of the molecule is CCOc1cccc2sc(N3CCN(C(=O)c4ccc(OC)cc4OC)CC3)nc12. The number of nitrogens with zero attached hydrogens (tertiary/aromatic N) is 3. The monoisotopic (exact) mass is 427 g/mol. The average Bonchev–Trinajstić information content (AvgIpc) is 3.24.